The predicted octanol–water partition coefficient (Wildman–Crippen LogP) is -0.154. The molecular weight excluding hydrogens is 214 g/mol. The number of carbonyl (C=O) groups is 1. The number of phenols is 1. The number of aliphatic carboxylic acids is 1. The van der Waals surface area contributed by atoms with E-state index in [0.717, 1.165) is 0 Å². The van der Waals surface area contributed by atoms with Crippen LogP contribution in [0, 0.1) is 0 Å². The van der Waals surface area contributed by atoms with Crippen LogP contribution in [-0.4, -0.2) is 22.9 Å². The molecule has 0 aliphatic carbocycles. The minimum absolute atomic E-state index is 0.172. The Labute approximate surface area is 91.3 Å². The van der Waals surface area contributed by atoms with Crippen LogP contribution in [0.15, 0.2) is 24.3 Å². The first-order valence-corrected chi connectivity index (χ1v) is 5.60. The van der Waals surface area contributed by atoms with Crippen molar-refractivity contribution in [3.8, 4) is 5.75 Å². The number of benzene rings is 1. The number of hydrogen-bond donors (Lipinski definition) is 2. The summed E-state index contributed by atoms with van der Waals surface area (Å²) in [4.78, 5) is 10.6. The molecule has 0 amide bonds. The lowest BCUT2D eigenvalue weighted by Gasteiger charge is -2.14. The van der Waals surface area contributed by atoms with Gasteiger partial charge in [0.15, 0.2) is 0 Å². The molecule has 4 nitrogen and oxygen atoms in total. The molecule has 0 saturated carbocycles. The smallest absolute Gasteiger partial charge is 0.121 e. The summed E-state index contributed by atoms with van der Waals surface area (Å²) in [7, 11) is 0. The van der Waals surface area contributed by atoms with E-state index in [2.05, 4.69) is 5.32 Å². The van der Waals surface area contributed by atoms with E-state index >= 15 is 0 Å². The van der Waals surface area contributed by atoms with E-state index in [0.29, 0.717) is 11.3 Å². The van der Waals surface area contributed by atoms with Gasteiger partial charge in [0.1, 0.15) is 5.75 Å². The SMILES string of the molecule is O=C([O-])[C@@H]1CSC(c2ccccc2O)N1. The number of rotatable bonds is 2. The molecule has 1 aliphatic rings. The maximum absolute atomic E-state index is 10.6. The quantitative estimate of drug-likeness (QED) is 0.730. The summed E-state index contributed by atoms with van der Waals surface area (Å²) in [5, 5.41) is 22.9. The zero-order valence-electron chi connectivity index (χ0n) is 7.84. The molecule has 2 N–H and O–H groups in total. The Hall–Kier alpha value is -1.20. The summed E-state index contributed by atoms with van der Waals surface area (Å²) < 4.78 is 0. The van der Waals surface area contributed by atoms with Gasteiger partial charge in [0.2, 0.25) is 0 Å². The molecule has 1 unspecified atom stereocenters. The average molecular weight is 224 g/mol. The monoisotopic (exact) mass is 224 g/mol. The van der Waals surface area contributed by atoms with Gasteiger partial charge in [-0.1, -0.05) is 18.2 Å². The second-order valence-electron chi connectivity index (χ2n) is 3.31. The lowest BCUT2D eigenvalue weighted by atomic mass is 10.2. The first kappa shape index (κ1) is 10.3. The molecule has 0 radical (unpaired) electrons. The van der Waals surface area contributed by atoms with Gasteiger partial charge in [-0.15, -0.1) is 11.8 Å². The molecule has 0 spiro atoms. The molecule has 1 aromatic carbocycles. The topological polar surface area (TPSA) is 72.4 Å². The normalized spacial score (nSPS) is 25.3. The highest BCUT2D eigenvalue weighted by atomic mass is 32.2. The second-order valence-corrected chi connectivity index (χ2v) is 4.45. The minimum atomic E-state index is -1.10. The molecule has 80 valence electrons. The standard InChI is InChI=1S/C10H11NO3S/c12-8-4-2-1-3-6(8)9-11-7(5-15-9)10(13)14/h1-4,7,9,11-12H,5H2,(H,13,14)/p-1/t7-,9?/m0/s1. The van der Waals surface area contributed by atoms with Crippen LogP contribution in [0.1, 0.15) is 10.9 Å². The molecule has 0 aromatic heterocycles. The van der Waals surface area contributed by atoms with Crippen molar-refractivity contribution in [2.45, 2.75) is 11.4 Å². The van der Waals surface area contributed by atoms with Gasteiger partial charge in [0.05, 0.1) is 17.4 Å². The highest BCUT2D eigenvalue weighted by molar-refractivity contribution is 7.99. The third-order valence-corrected chi connectivity index (χ3v) is 3.53. The zero-order chi connectivity index (χ0) is 10.8. The number of carboxylic acids is 1. The summed E-state index contributed by atoms with van der Waals surface area (Å²) in [6.07, 6.45) is 0. The van der Waals surface area contributed by atoms with Gasteiger partial charge in [0.25, 0.3) is 0 Å². The van der Waals surface area contributed by atoms with Crippen molar-refractivity contribution in [2.75, 3.05) is 5.75 Å². The number of para-hydroxylation sites is 1. The summed E-state index contributed by atoms with van der Waals surface area (Å²) in [6, 6.07) is 6.26. The zero-order valence-corrected chi connectivity index (χ0v) is 8.66. The number of thioether (sulfide) groups is 1. The first-order chi connectivity index (χ1) is 7.18. The summed E-state index contributed by atoms with van der Waals surface area (Å²) in [5.74, 6) is -0.455. The highest BCUT2D eigenvalue weighted by Gasteiger charge is 2.27. The lowest BCUT2D eigenvalue weighted by molar-refractivity contribution is -0.307. The van der Waals surface area contributed by atoms with Gasteiger partial charge in [0, 0.05) is 11.3 Å². The van der Waals surface area contributed by atoms with Gasteiger partial charge in [-0.25, -0.2) is 0 Å². The van der Waals surface area contributed by atoms with Crippen LogP contribution in [-0.2, 0) is 4.79 Å². The van der Waals surface area contributed by atoms with Crippen molar-refractivity contribution >= 4 is 17.7 Å². The van der Waals surface area contributed by atoms with Crippen molar-refractivity contribution in [1.29, 1.82) is 0 Å². The van der Waals surface area contributed by atoms with E-state index in [1.165, 1.54) is 11.8 Å². The van der Waals surface area contributed by atoms with Crippen LogP contribution >= 0.6 is 11.8 Å². The Morgan fingerprint density at radius 3 is 2.87 bits per heavy atom. The van der Waals surface area contributed by atoms with Gasteiger partial charge >= 0.3 is 0 Å². The van der Waals surface area contributed by atoms with Crippen LogP contribution in [0.4, 0.5) is 0 Å². The van der Waals surface area contributed by atoms with E-state index in [4.69, 9.17) is 0 Å². The fraction of sp³-hybridized carbons (Fsp3) is 0.300. The van der Waals surface area contributed by atoms with Crippen molar-refractivity contribution < 1.29 is 15.0 Å². The Kier molecular flexibility index (Phi) is 2.83. The van der Waals surface area contributed by atoms with Crippen molar-refractivity contribution in [2.24, 2.45) is 0 Å². The summed E-state index contributed by atoms with van der Waals surface area (Å²) in [5.41, 5.74) is 0.714. The van der Waals surface area contributed by atoms with E-state index in [1.807, 2.05) is 6.07 Å². The summed E-state index contributed by atoms with van der Waals surface area (Å²) >= 11 is 1.45. The Balaban J connectivity index is 2.14. The van der Waals surface area contributed by atoms with Crippen LogP contribution in [0.5, 0.6) is 5.75 Å². The number of hydrogen-bond acceptors (Lipinski definition) is 5. The number of carboxylic acid groups (broad SMARTS) is 1. The van der Waals surface area contributed by atoms with Crippen LogP contribution in [0.3, 0.4) is 0 Å². The van der Waals surface area contributed by atoms with Gasteiger partial charge in [-0.2, -0.15) is 0 Å². The van der Waals surface area contributed by atoms with Crippen molar-refractivity contribution in [3.05, 3.63) is 29.8 Å². The van der Waals surface area contributed by atoms with E-state index in [-0.39, 0.29) is 11.1 Å². The third-order valence-electron chi connectivity index (χ3n) is 2.29. The largest absolute Gasteiger partial charge is 0.548 e. The molecule has 15 heavy (non-hydrogen) atoms. The van der Waals surface area contributed by atoms with Crippen LogP contribution in [0.25, 0.3) is 0 Å². The van der Waals surface area contributed by atoms with Gasteiger partial charge in [-0.3, -0.25) is 5.32 Å². The third kappa shape index (κ3) is 2.08. The highest BCUT2D eigenvalue weighted by Crippen LogP contribution is 2.36. The lowest BCUT2D eigenvalue weighted by Crippen LogP contribution is -2.43. The summed E-state index contributed by atoms with van der Waals surface area (Å²) in [6.45, 7) is 0. The number of phenolic OH excluding ortho intramolecular Hbond substituents is 1. The van der Waals surface area contributed by atoms with Crippen molar-refractivity contribution in [3.63, 3.8) is 0 Å². The molecule has 1 aromatic rings. The minimum Gasteiger partial charge on any atom is -0.548 e. The number of carbonyl (C=O) groups excluding carboxylic acids is 1. The molecule has 2 atom stereocenters. The average Bonchev–Trinajstić information content (AvgIpc) is 2.67. The maximum Gasteiger partial charge on any atom is 0.121 e. The molecule has 1 aliphatic heterocycles. The Morgan fingerprint density at radius 2 is 2.27 bits per heavy atom. The maximum atomic E-state index is 10.6. The van der Waals surface area contributed by atoms with E-state index < -0.39 is 12.0 Å². The van der Waals surface area contributed by atoms with Crippen LogP contribution < -0.4 is 10.4 Å². The molecule has 5 heteroatoms. The number of nitrogens with one attached hydrogen (secondary N) is 1. The number of aromatic hydroxyl groups is 1. The molecule has 1 saturated heterocycles. The van der Waals surface area contributed by atoms with Gasteiger partial charge < -0.3 is 15.0 Å². The Bertz CT molecular complexity index is 383. The van der Waals surface area contributed by atoms with E-state index in [1.54, 1.807) is 18.2 Å². The van der Waals surface area contributed by atoms with Gasteiger partial charge in [-0.05, 0) is 6.07 Å². The fourth-order valence-corrected chi connectivity index (χ4v) is 2.75. The van der Waals surface area contributed by atoms with Crippen LogP contribution in [0.2, 0.25) is 0 Å². The molecule has 2 rings (SSSR count). The molecule has 0 bridgehead atoms. The second kappa shape index (κ2) is 4.12. The Morgan fingerprint density at radius 1 is 1.53 bits per heavy atom. The molecule has 1 fully saturated rings. The van der Waals surface area contributed by atoms with Crippen molar-refractivity contribution in [1.82, 2.24) is 5.32 Å². The molecule has 1 heterocycles. The fourth-order valence-electron chi connectivity index (χ4n) is 1.50. The first-order valence-electron chi connectivity index (χ1n) is 4.55. The molecular formula is C10H10NO3S-. The predicted molar refractivity (Wildman–Crippen MR) is 55.2 cm³/mol. The van der Waals surface area contributed by atoms with E-state index in [9.17, 15) is 15.0 Å².